The maximum Gasteiger partial charge on any atom is 0.109 e. The van der Waals surface area contributed by atoms with Crippen LogP contribution >= 0.6 is 0 Å². The van der Waals surface area contributed by atoms with Crippen molar-refractivity contribution < 1.29 is 5.11 Å². The summed E-state index contributed by atoms with van der Waals surface area (Å²) in [6.45, 7) is 3.13. The van der Waals surface area contributed by atoms with E-state index in [0.29, 0.717) is 0 Å². The quantitative estimate of drug-likeness (QED) is 0.676. The summed E-state index contributed by atoms with van der Waals surface area (Å²) < 4.78 is 2.17. The molecule has 0 atom stereocenters. The number of fused-ring (bicyclic) bond motifs is 1. The monoisotopic (exact) mass is 166 g/mol. The summed E-state index contributed by atoms with van der Waals surface area (Å²) >= 11 is 0. The third-order valence-electron chi connectivity index (χ3n) is 2.53. The zero-order chi connectivity index (χ0) is 8.55. The van der Waals surface area contributed by atoms with Crippen LogP contribution in [0.4, 0.5) is 0 Å². The molecule has 1 aromatic heterocycles. The number of aliphatic hydroxyl groups is 1. The van der Waals surface area contributed by atoms with Crippen molar-refractivity contribution in [2.75, 3.05) is 0 Å². The fraction of sp³-hybridized carbons (Fsp3) is 0.667. The highest BCUT2D eigenvalue weighted by molar-refractivity contribution is 5.16. The molecule has 1 aliphatic heterocycles. The van der Waals surface area contributed by atoms with Crippen molar-refractivity contribution in [1.29, 1.82) is 0 Å². The highest BCUT2D eigenvalue weighted by Gasteiger charge is 2.15. The van der Waals surface area contributed by atoms with E-state index in [1.54, 1.807) is 0 Å². The molecule has 2 heterocycles. The van der Waals surface area contributed by atoms with Gasteiger partial charge in [0.2, 0.25) is 0 Å². The normalized spacial score (nSPS) is 16.2. The first-order valence-corrected chi connectivity index (χ1v) is 4.48. The molecule has 0 saturated heterocycles. The largest absolute Gasteiger partial charge is 0.390 e. The van der Waals surface area contributed by atoms with Crippen LogP contribution in [-0.4, -0.2) is 14.7 Å². The van der Waals surface area contributed by atoms with Gasteiger partial charge in [0.25, 0.3) is 0 Å². The second kappa shape index (κ2) is 2.90. The zero-order valence-electron chi connectivity index (χ0n) is 7.38. The fourth-order valence-corrected chi connectivity index (χ4v) is 1.88. The molecule has 2 rings (SSSR count). The smallest absolute Gasteiger partial charge is 0.109 e. The van der Waals surface area contributed by atoms with Gasteiger partial charge in [-0.05, 0) is 19.8 Å². The van der Waals surface area contributed by atoms with Gasteiger partial charge in [0.05, 0.1) is 18.0 Å². The van der Waals surface area contributed by atoms with Crippen molar-refractivity contribution in [2.24, 2.45) is 0 Å². The summed E-state index contributed by atoms with van der Waals surface area (Å²) in [6, 6.07) is 0. The molecular weight excluding hydrogens is 152 g/mol. The Morgan fingerprint density at radius 3 is 3.08 bits per heavy atom. The van der Waals surface area contributed by atoms with Crippen molar-refractivity contribution in [1.82, 2.24) is 9.55 Å². The first-order valence-electron chi connectivity index (χ1n) is 4.48. The Morgan fingerprint density at radius 1 is 1.50 bits per heavy atom. The Balaban J connectivity index is 2.46. The number of rotatable bonds is 1. The minimum absolute atomic E-state index is 0.124. The van der Waals surface area contributed by atoms with E-state index in [9.17, 15) is 0 Å². The van der Waals surface area contributed by atoms with Crippen LogP contribution in [0, 0.1) is 6.92 Å². The lowest BCUT2D eigenvalue weighted by molar-refractivity contribution is 0.267. The minimum Gasteiger partial charge on any atom is -0.390 e. The van der Waals surface area contributed by atoms with Gasteiger partial charge in [-0.15, -0.1) is 0 Å². The Bertz CT molecular complexity index is 291. The highest BCUT2D eigenvalue weighted by atomic mass is 16.3. The molecule has 0 radical (unpaired) electrons. The number of nitrogens with zero attached hydrogens (tertiary/aromatic N) is 2. The summed E-state index contributed by atoms with van der Waals surface area (Å²) in [5.41, 5.74) is 2.00. The Kier molecular flexibility index (Phi) is 1.89. The molecule has 0 aromatic carbocycles. The van der Waals surface area contributed by atoms with Gasteiger partial charge in [-0.25, -0.2) is 4.98 Å². The maximum absolute atomic E-state index is 9.10. The van der Waals surface area contributed by atoms with E-state index in [0.717, 1.165) is 30.2 Å². The topological polar surface area (TPSA) is 38.0 Å². The molecule has 1 N–H and O–H groups in total. The first-order chi connectivity index (χ1) is 5.83. The number of aromatic nitrogens is 2. The molecule has 0 bridgehead atoms. The molecule has 0 aliphatic carbocycles. The van der Waals surface area contributed by atoms with Crippen LogP contribution < -0.4 is 0 Å². The molecule has 1 aliphatic rings. The number of aryl methyl sites for hydroxylation is 2. The number of imidazole rings is 1. The van der Waals surface area contributed by atoms with E-state index < -0.39 is 0 Å². The molecule has 66 valence electrons. The molecule has 0 amide bonds. The Hall–Kier alpha value is -0.830. The second-order valence-electron chi connectivity index (χ2n) is 3.33. The highest BCUT2D eigenvalue weighted by Crippen LogP contribution is 2.18. The molecule has 0 spiro atoms. The summed E-state index contributed by atoms with van der Waals surface area (Å²) in [6.07, 6.45) is 3.53. The second-order valence-corrected chi connectivity index (χ2v) is 3.33. The maximum atomic E-state index is 9.10. The van der Waals surface area contributed by atoms with Gasteiger partial charge in [0, 0.05) is 13.0 Å². The average Bonchev–Trinajstić information content (AvgIpc) is 2.40. The first kappa shape index (κ1) is 7.80. The predicted octanol–water partition coefficient (Wildman–Crippen LogP) is 1.02. The summed E-state index contributed by atoms with van der Waals surface area (Å²) in [5.74, 6) is 1.16. The molecular formula is C9H14N2O. The average molecular weight is 166 g/mol. The number of hydrogen-bond donors (Lipinski definition) is 1. The summed E-state index contributed by atoms with van der Waals surface area (Å²) in [4.78, 5) is 4.42. The number of hydrogen-bond acceptors (Lipinski definition) is 2. The molecule has 0 unspecified atom stereocenters. The lowest BCUT2D eigenvalue weighted by Gasteiger charge is -2.15. The van der Waals surface area contributed by atoms with Gasteiger partial charge < -0.3 is 9.67 Å². The minimum atomic E-state index is 0.124. The van der Waals surface area contributed by atoms with Crippen LogP contribution in [0.15, 0.2) is 0 Å². The van der Waals surface area contributed by atoms with Gasteiger partial charge in [-0.3, -0.25) is 0 Å². The molecule has 3 nitrogen and oxygen atoms in total. The van der Waals surface area contributed by atoms with Gasteiger partial charge in [0.15, 0.2) is 0 Å². The van der Waals surface area contributed by atoms with Crippen molar-refractivity contribution in [3.63, 3.8) is 0 Å². The van der Waals surface area contributed by atoms with E-state index in [2.05, 4.69) is 9.55 Å². The third kappa shape index (κ3) is 1.05. The molecule has 0 fully saturated rings. The summed E-state index contributed by atoms with van der Waals surface area (Å²) in [7, 11) is 0. The van der Waals surface area contributed by atoms with Crippen molar-refractivity contribution in [2.45, 2.75) is 39.3 Å². The van der Waals surface area contributed by atoms with E-state index in [1.165, 1.54) is 12.8 Å². The molecule has 0 saturated carbocycles. The zero-order valence-corrected chi connectivity index (χ0v) is 7.38. The van der Waals surface area contributed by atoms with Crippen LogP contribution in [0.25, 0.3) is 0 Å². The van der Waals surface area contributed by atoms with Gasteiger partial charge >= 0.3 is 0 Å². The van der Waals surface area contributed by atoms with E-state index >= 15 is 0 Å². The van der Waals surface area contributed by atoms with Crippen molar-refractivity contribution in [3.8, 4) is 0 Å². The molecule has 1 aromatic rings. The van der Waals surface area contributed by atoms with E-state index in [1.807, 2.05) is 6.92 Å². The Labute approximate surface area is 72.0 Å². The standard InChI is InChI=1S/C9H14N2O/c1-7-8(6-12)11-5-3-2-4-9(11)10-7/h12H,2-6H2,1H3. The van der Waals surface area contributed by atoms with Crippen LogP contribution in [0.2, 0.25) is 0 Å². The Morgan fingerprint density at radius 2 is 2.33 bits per heavy atom. The van der Waals surface area contributed by atoms with Gasteiger partial charge in [0.1, 0.15) is 5.82 Å². The van der Waals surface area contributed by atoms with Gasteiger partial charge in [-0.1, -0.05) is 0 Å². The SMILES string of the molecule is Cc1nc2n(c1CO)CCCC2. The van der Waals surface area contributed by atoms with Crippen molar-refractivity contribution in [3.05, 3.63) is 17.2 Å². The van der Waals surface area contributed by atoms with Crippen LogP contribution in [0.3, 0.4) is 0 Å². The summed E-state index contributed by atoms with van der Waals surface area (Å²) in [5, 5.41) is 9.10. The lowest BCUT2D eigenvalue weighted by atomic mass is 10.1. The van der Waals surface area contributed by atoms with Crippen LogP contribution in [-0.2, 0) is 19.6 Å². The van der Waals surface area contributed by atoms with E-state index in [4.69, 9.17) is 5.11 Å². The molecule has 3 heteroatoms. The predicted molar refractivity (Wildman–Crippen MR) is 45.8 cm³/mol. The lowest BCUT2D eigenvalue weighted by Crippen LogP contribution is -2.12. The van der Waals surface area contributed by atoms with Gasteiger partial charge in [-0.2, -0.15) is 0 Å². The molecule has 12 heavy (non-hydrogen) atoms. The number of aliphatic hydroxyl groups excluding tert-OH is 1. The van der Waals surface area contributed by atoms with E-state index in [-0.39, 0.29) is 6.61 Å². The van der Waals surface area contributed by atoms with Crippen molar-refractivity contribution >= 4 is 0 Å². The van der Waals surface area contributed by atoms with Crippen LogP contribution in [0.1, 0.15) is 30.1 Å². The third-order valence-corrected chi connectivity index (χ3v) is 2.53. The fourth-order valence-electron chi connectivity index (χ4n) is 1.88. The van der Waals surface area contributed by atoms with Crippen LogP contribution in [0.5, 0.6) is 0 Å².